The zero-order valence-corrected chi connectivity index (χ0v) is 17.6. The van der Waals surface area contributed by atoms with Gasteiger partial charge in [0.1, 0.15) is 24.9 Å². The van der Waals surface area contributed by atoms with E-state index in [9.17, 15) is 18.9 Å². The molecule has 0 aromatic heterocycles. The number of rotatable bonds is 4. The second-order valence-corrected chi connectivity index (χ2v) is 10.4. The van der Waals surface area contributed by atoms with Crippen LogP contribution < -0.4 is 5.32 Å². The summed E-state index contributed by atoms with van der Waals surface area (Å²) >= 11 is 0. The first-order chi connectivity index (χ1) is 12.0. The van der Waals surface area contributed by atoms with Crippen LogP contribution >= 0.6 is 10.3 Å². The van der Waals surface area contributed by atoms with Crippen molar-refractivity contribution in [3.05, 3.63) is 12.3 Å². The number of ether oxygens (including phenoxy) is 1. The van der Waals surface area contributed by atoms with Crippen molar-refractivity contribution in [2.45, 2.75) is 50.7 Å². The van der Waals surface area contributed by atoms with E-state index in [0.29, 0.717) is 25.4 Å². The van der Waals surface area contributed by atoms with Crippen LogP contribution in [0, 0.1) is 0 Å². The molecule has 0 radical (unpaired) electrons. The predicted octanol–water partition coefficient (Wildman–Crippen LogP) is 1.97. The third-order valence-corrected chi connectivity index (χ3v) is 6.76. The maximum atomic E-state index is 11.5. The lowest BCUT2D eigenvalue weighted by atomic mass is 10.2. The van der Waals surface area contributed by atoms with E-state index in [0.717, 1.165) is 7.11 Å². The molecule has 0 aromatic carbocycles. The normalized spacial score (nSPS) is 20.2. The fraction of sp³-hybridized carbons (Fsp3) is 0.706. The van der Waals surface area contributed by atoms with Crippen molar-refractivity contribution in [3.8, 4) is 0 Å². The second kappa shape index (κ2) is 12.9. The summed E-state index contributed by atoms with van der Waals surface area (Å²) in [5.74, 6) is 0. The lowest BCUT2D eigenvalue weighted by molar-refractivity contribution is -0.120. The molecule has 0 saturated carbocycles. The van der Waals surface area contributed by atoms with Gasteiger partial charge in [-0.25, -0.2) is 4.79 Å². The van der Waals surface area contributed by atoms with Crippen LogP contribution in [0.2, 0.25) is 0 Å². The van der Waals surface area contributed by atoms with Gasteiger partial charge in [-0.2, -0.15) is 0 Å². The quantitative estimate of drug-likeness (QED) is 0.496. The van der Waals surface area contributed by atoms with Crippen molar-refractivity contribution in [3.63, 3.8) is 0 Å². The fourth-order valence-corrected chi connectivity index (χ4v) is 1.50. The fourth-order valence-electron chi connectivity index (χ4n) is 1.50. The Balaban J connectivity index is 0. The van der Waals surface area contributed by atoms with Crippen LogP contribution in [0.3, 0.4) is 0 Å². The lowest BCUT2D eigenvalue weighted by Gasteiger charge is -2.38. The molecule has 1 heterocycles. The topological polar surface area (TPSA) is 116 Å². The van der Waals surface area contributed by atoms with Crippen LogP contribution in [-0.4, -0.2) is 76.9 Å². The van der Waals surface area contributed by atoms with Crippen LogP contribution in [0.5, 0.6) is 0 Å². The van der Waals surface area contributed by atoms with Crippen LogP contribution in [0.25, 0.3) is 0 Å². The van der Waals surface area contributed by atoms with Crippen molar-refractivity contribution in [1.29, 1.82) is 0 Å². The first kappa shape index (κ1) is 26.8. The largest absolute Gasteiger partial charge is 0.400 e. The summed E-state index contributed by atoms with van der Waals surface area (Å²) in [6.45, 7) is 6.17. The summed E-state index contributed by atoms with van der Waals surface area (Å²) in [6, 6.07) is -0.380. The highest BCUT2D eigenvalue weighted by molar-refractivity contribution is 8.29. The van der Waals surface area contributed by atoms with Gasteiger partial charge in [0.05, 0.1) is 0 Å². The molecule has 0 aliphatic carbocycles. The number of amides is 2. The van der Waals surface area contributed by atoms with E-state index < -0.39 is 22.6 Å². The Morgan fingerprint density at radius 2 is 1.73 bits per heavy atom. The van der Waals surface area contributed by atoms with E-state index >= 15 is 0 Å². The molecule has 154 valence electrons. The SMILES string of the molecule is CC(C)(C)S(C)(C)O.CNC(=O)N(/C=C\C=O)C1CCC(C=O)O1.CO. The molecule has 0 aromatic rings. The highest BCUT2D eigenvalue weighted by Gasteiger charge is 2.31. The van der Waals surface area contributed by atoms with Crippen LogP contribution in [0.1, 0.15) is 33.6 Å². The maximum absolute atomic E-state index is 11.5. The molecule has 2 amide bonds. The third-order valence-electron chi connectivity index (χ3n) is 3.76. The van der Waals surface area contributed by atoms with Crippen molar-refractivity contribution >= 4 is 28.9 Å². The van der Waals surface area contributed by atoms with E-state index in [1.807, 2.05) is 12.5 Å². The monoisotopic (exact) mass is 394 g/mol. The third kappa shape index (κ3) is 9.91. The van der Waals surface area contributed by atoms with Gasteiger partial charge in [0, 0.05) is 25.1 Å². The van der Waals surface area contributed by atoms with Gasteiger partial charge in [-0.3, -0.25) is 9.69 Å². The summed E-state index contributed by atoms with van der Waals surface area (Å²) in [4.78, 5) is 33.5. The van der Waals surface area contributed by atoms with Crippen molar-refractivity contribution in [2.75, 3.05) is 26.7 Å². The highest BCUT2D eigenvalue weighted by atomic mass is 32.3. The van der Waals surface area contributed by atoms with Gasteiger partial charge in [-0.05, 0) is 31.4 Å². The number of aliphatic hydroxyl groups is 1. The molecule has 1 rings (SSSR count). The molecule has 3 N–H and O–H groups in total. The van der Waals surface area contributed by atoms with Crippen molar-refractivity contribution in [2.24, 2.45) is 0 Å². The number of hydrogen-bond donors (Lipinski definition) is 3. The van der Waals surface area contributed by atoms with Crippen LogP contribution in [-0.2, 0) is 14.3 Å². The molecule has 2 atom stereocenters. The smallest absolute Gasteiger partial charge is 0.323 e. The van der Waals surface area contributed by atoms with Crippen LogP contribution in [0.4, 0.5) is 4.79 Å². The maximum Gasteiger partial charge on any atom is 0.323 e. The predicted molar refractivity (Wildman–Crippen MR) is 105 cm³/mol. The number of hydrogen-bond acceptors (Lipinski definition) is 6. The van der Waals surface area contributed by atoms with Gasteiger partial charge >= 0.3 is 6.03 Å². The van der Waals surface area contributed by atoms with Gasteiger partial charge in [-0.1, -0.05) is 20.8 Å². The summed E-state index contributed by atoms with van der Waals surface area (Å²) in [7, 11) is 1.14. The Hall–Kier alpha value is -1.42. The number of allylic oxidation sites excluding steroid dienone is 1. The Morgan fingerprint density at radius 3 is 2.04 bits per heavy atom. The van der Waals surface area contributed by atoms with E-state index in [1.54, 1.807) is 0 Å². The zero-order valence-electron chi connectivity index (χ0n) is 16.8. The summed E-state index contributed by atoms with van der Waals surface area (Å²) < 4.78 is 14.8. The average molecular weight is 395 g/mol. The van der Waals surface area contributed by atoms with Gasteiger partial charge < -0.3 is 24.5 Å². The minimum absolute atomic E-state index is 0.0764. The van der Waals surface area contributed by atoms with Crippen molar-refractivity contribution < 1.29 is 28.8 Å². The molecule has 0 bridgehead atoms. The molecule has 2 unspecified atom stereocenters. The lowest BCUT2D eigenvalue weighted by Crippen LogP contribution is -2.41. The number of urea groups is 1. The minimum atomic E-state index is -1.34. The van der Waals surface area contributed by atoms with Gasteiger partial charge in [-0.15, -0.1) is 10.3 Å². The van der Waals surface area contributed by atoms with Crippen molar-refractivity contribution in [1.82, 2.24) is 10.2 Å². The van der Waals surface area contributed by atoms with Gasteiger partial charge in [0.25, 0.3) is 0 Å². The average Bonchev–Trinajstić information content (AvgIpc) is 3.04. The molecule has 1 aliphatic rings. The highest BCUT2D eigenvalue weighted by Crippen LogP contribution is 2.48. The Bertz CT molecular complexity index is 445. The molecule has 1 aliphatic heterocycles. The summed E-state index contributed by atoms with van der Waals surface area (Å²) in [6.07, 6.45) is 7.83. The first-order valence-corrected chi connectivity index (χ1v) is 10.5. The second-order valence-electron chi connectivity index (χ2n) is 6.67. The van der Waals surface area contributed by atoms with Crippen LogP contribution in [0.15, 0.2) is 12.3 Å². The van der Waals surface area contributed by atoms with E-state index in [-0.39, 0.29) is 10.8 Å². The molecule has 1 saturated heterocycles. The van der Waals surface area contributed by atoms with Gasteiger partial charge in [0.15, 0.2) is 0 Å². The molecule has 26 heavy (non-hydrogen) atoms. The number of nitrogens with one attached hydrogen (secondary N) is 1. The Labute approximate surface area is 158 Å². The number of nitrogens with zero attached hydrogens (tertiary/aromatic N) is 1. The summed E-state index contributed by atoms with van der Waals surface area (Å²) in [5.41, 5.74) is 0. The zero-order chi connectivity index (χ0) is 21.0. The number of carbonyl (C=O) groups is 3. The number of carbonyl (C=O) groups excluding carboxylic acids is 3. The van der Waals surface area contributed by atoms with E-state index in [4.69, 9.17) is 9.84 Å². The molecule has 9 heteroatoms. The van der Waals surface area contributed by atoms with E-state index in [1.165, 1.54) is 24.2 Å². The molecule has 8 nitrogen and oxygen atoms in total. The molecule has 1 fully saturated rings. The number of aliphatic hydroxyl groups excluding tert-OH is 1. The standard InChI is InChI=1S/C10H14N2O4.C6H16OS.CH4O/c1-11-10(15)12(5-2-6-13)9-4-3-8(7-14)16-9;1-6(2,3)8(4,5)7;1-2/h2,5-9H,3-4H2,1H3,(H,11,15);7H,1-5H3;2H,1H3/b5-2-;;. The summed E-state index contributed by atoms with van der Waals surface area (Å²) in [5, 5.41) is 9.44. The van der Waals surface area contributed by atoms with E-state index in [2.05, 4.69) is 26.1 Å². The molecular weight excluding hydrogens is 360 g/mol. The molecule has 0 spiro atoms. The molecular formula is C17H34N2O6S. The minimum Gasteiger partial charge on any atom is -0.400 e. The number of aldehydes is 2. The first-order valence-electron chi connectivity index (χ1n) is 8.10. The van der Waals surface area contributed by atoms with Gasteiger partial charge in [0.2, 0.25) is 0 Å². The Morgan fingerprint density at radius 1 is 1.23 bits per heavy atom. The Kier molecular flexibility index (Phi) is 13.3.